The van der Waals surface area contributed by atoms with Gasteiger partial charge in [0.05, 0.1) is 27.7 Å². The van der Waals surface area contributed by atoms with E-state index in [2.05, 4.69) is 105 Å². The first-order chi connectivity index (χ1) is 28.0. The minimum atomic E-state index is -4.65. The third kappa shape index (κ3) is 42.5. The molecule has 0 N–H and O–H groups in total. The van der Waals surface area contributed by atoms with Crippen molar-refractivity contribution in [2.24, 2.45) is 0 Å². The molecule has 0 fully saturated rings. The summed E-state index contributed by atoms with van der Waals surface area (Å²) in [6.45, 7) is 3.96. The second-order valence-electron chi connectivity index (χ2n) is 15.3. The van der Waals surface area contributed by atoms with Crippen molar-refractivity contribution in [2.45, 2.75) is 148 Å². The van der Waals surface area contributed by atoms with E-state index in [0.717, 1.165) is 77.0 Å². The van der Waals surface area contributed by atoms with Crippen LogP contribution in [0.5, 0.6) is 0 Å². The fourth-order valence-corrected chi connectivity index (χ4v) is 5.89. The summed E-state index contributed by atoms with van der Waals surface area (Å²) in [5.74, 6) is -0.939. The molecule has 58 heavy (non-hydrogen) atoms. The Balaban J connectivity index is 4.53. The Morgan fingerprint density at radius 3 is 1.50 bits per heavy atom. The van der Waals surface area contributed by atoms with E-state index in [1.807, 2.05) is 27.2 Å². The molecular weight excluding hydrogens is 750 g/mol. The third-order valence-electron chi connectivity index (χ3n) is 8.59. The topological polar surface area (TPSA) is 111 Å². The number of ether oxygens (including phenoxy) is 2. The van der Waals surface area contributed by atoms with Crippen LogP contribution in [-0.4, -0.2) is 70.0 Å². The summed E-state index contributed by atoms with van der Waals surface area (Å²) in [6.07, 6.45) is 51.5. The Hall–Kier alpha value is -3.07. The van der Waals surface area contributed by atoms with E-state index >= 15 is 0 Å². The summed E-state index contributed by atoms with van der Waals surface area (Å²) in [5, 5.41) is 0. The first-order valence-corrected chi connectivity index (χ1v) is 23.4. The number of rotatable bonds is 38. The Labute approximate surface area is 353 Å². The highest BCUT2D eigenvalue weighted by molar-refractivity contribution is 7.45. The largest absolute Gasteiger partial charge is 0.756 e. The summed E-state index contributed by atoms with van der Waals surface area (Å²) < 4.78 is 33.8. The van der Waals surface area contributed by atoms with Crippen molar-refractivity contribution in [3.05, 3.63) is 97.2 Å². The molecule has 0 saturated heterocycles. The summed E-state index contributed by atoms with van der Waals surface area (Å²) >= 11 is 0. The zero-order valence-corrected chi connectivity index (χ0v) is 37.8. The molecule has 10 heteroatoms. The summed E-state index contributed by atoms with van der Waals surface area (Å²) in [7, 11) is 1.10. The summed E-state index contributed by atoms with van der Waals surface area (Å²) in [5.41, 5.74) is 0. The predicted molar refractivity (Wildman–Crippen MR) is 240 cm³/mol. The number of unbranched alkanes of at least 4 members (excludes halogenated alkanes) is 8. The Morgan fingerprint density at radius 1 is 0.552 bits per heavy atom. The van der Waals surface area contributed by atoms with E-state index in [1.54, 1.807) is 0 Å². The van der Waals surface area contributed by atoms with Crippen molar-refractivity contribution < 1.29 is 42.1 Å². The van der Waals surface area contributed by atoms with Crippen molar-refractivity contribution in [1.29, 1.82) is 0 Å². The minimum absolute atomic E-state index is 0.0502. The van der Waals surface area contributed by atoms with Gasteiger partial charge in [-0.15, -0.1) is 0 Å². The van der Waals surface area contributed by atoms with Gasteiger partial charge in [0.25, 0.3) is 7.82 Å². The van der Waals surface area contributed by atoms with Crippen LogP contribution in [0.4, 0.5) is 0 Å². The van der Waals surface area contributed by atoms with E-state index in [0.29, 0.717) is 23.9 Å². The average Bonchev–Trinajstić information content (AvgIpc) is 3.17. The normalized spacial score (nSPS) is 14.5. The van der Waals surface area contributed by atoms with Gasteiger partial charge < -0.3 is 27.9 Å². The maximum Gasteiger partial charge on any atom is 0.306 e. The smallest absolute Gasteiger partial charge is 0.306 e. The van der Waals surface area contributed by atoms with Crippen LogP contribution in [0, 0.1) is 0 Å². The fraction of sp³-hybridized carbons (Fsp3) is 0.625. The number of phosphoric ester groups is 1. The van der Waals surface area contributed by atoms with Gasteiger partial charge in [0.2, 0.25) is 0 Å². The lowest BCUT2D eigenvalue weighted by Gasteiger charge is -2.28. The van der Waals surface area contributed by atoms with Crippen LogP contribution < -0.4 is 4.89 Å². The molecule has 0 saturated carbocycles. The van der Waals surface area contributed by atoms with Crippen LogP contribution in [0.25, 0.3) is 0 Å². The van der Waals surface area contributed by atoms with Crippen molar-refractivity contribution in [3.8, 4) is 0 Å². The Morgan fingerprint density at radius 2 is 1.00 bits per heavy atom. The number of nitrogens with zero attached hydrogens (tertiary/aromatic N) is 1. The van der Waals surface area contributed by atoms with E-state index < -0.39 is 32.5 Å². The molecule has 1 unspecified atom stereocenters. The molecule has 0 aromatic carbocycles. The van der Waals surface area contributed by atoms with E-state index in [4.69, 9.17) is 18.5 Å². The van der Waals surface area contributed by atoms with Gasteiger partial charge in [0.1, 0.15) is 19.8 Å². The van der Waals surface area contributed by atoms with Gasteiger partial charge in [-0.2, -0.15) is 0 Å². The van der Waals surface area contributed by atoms with Gasteiger partial charge in [0, 0.05) is 12.8 Å². The lowest BCUT2D eigenvalue weighted by Crippen LogP contribution is -2.37. The highest BCUT2D eigenvalue weighted by Gasteiger charge is 2.21. The average molecular weight is 830 g/mol. The van der Waals surface area contributed by atoms with Gasteiger partial charge in [-0.3, -0.25) is 14.2 Å². The highest BCUT2D eigenvalue weighted by atomic mass is 31.2. The lowest BCUT2D eigenvalue weighted by molar-refractivity contribution is -0.870. The second-order valence-corrected chi connectivity index (χ2v) is 16.7. The maximum absolute atomic E-state index is 12.7. The molecule has 9 nitrogen and oxygen atoms in total. The van der Waals surface area contributed by atoms with E-state index in [9.17, 15) is 19.0 Å². The number of likely N-dealkylation sites (N-methyl/N-ethyl adjacent to an activating group) is 1. The maximum atomic E-state index is 12.7. The van der Waals surface area contributed by atoms with Gasteiger partial charge in [-0.05, 0) is 89.9 Å². The molecule has 0 amide bonds. The molecule has 0 spiro atoms. The molecule has 0 aliphatic heterocycles. The minimum Gasteiger partial charge on any atom is -0.756 e. The molecule has 0 bridgehead atoms. The molecular formula is C48H80NO8P. The molecule has 0 heterocycles. The molecule has 0 aliphatic carbocycles. The van der Waals surface area contributed by atoms with Crippen LogP contribution in [-0.2, 0) is 32.7 Å². The van der Waals surface area contributed by atoms with E-state index in [1.165, 1.54) is 25.7 Å². The van der Waals surface area contributed by atoms with Crippen molar-refractivity contribution in [1.82, 2.24) is 0 Å². The zero-order chi connectivity index (χ0) is 42.8. The molecule has 2 atom stereocenters. The first-order valence-electron chi connectivity index (χ1n) is 21.9. The molecule has 330 valence electrons. The first kappa shape index (κ1) is 54.9. The van der Waals surface area contributed by atoms with Crippen LogP contribution in [0.2, 0.25) is 0 Å². The summed E-state index contributed by atoms with van der Waals surface area (Å²) in [6, 6.07) is 0. The highest BCUT2D eigenvalue weighted by Crippen LogP contribution is 2.38. The van der Waals surface area contributed by atoms with Crippen LogP contribution in [0.15, 0.2) is 97.2 Å². The molecule has 0 aliphatic rings. The number of carbonyl (C=O) groups is 2. The second kappa shape index (κ2) is 39.4. The SMILES string of the molecule is CC/C=C\C/C=C\C/C=C\C/C=C\CCCCCCC(=O)O[C@H](COC(=O)CCC/C=C\C/C=C\C/C=C\C/C=C\CCCCC)COP(=O)([O-])OCC[N+](C)(C)C. The van der Waals surface area contributed by atoms with Gasteiger partial charge >= 0.3 is 11.9 Å². The third-order valence-corrected chi connectivity index (χ3v) is 9.55. The summed E-state index contributed by atoms with van der Waals surface area (Å²) in [4.78, 5) is 37.5. The Kier molecular flexibility index (Phi) is 37.3. The number of hydrogen-bond donors (Lipinski definition) is 0. The van der Waals surface area contributed by atoms with Crippen LogP contribution in [0.1, 0.15) is 142 Å². The lowest BCUT2D eigenvalue weighted by atomic mass is 10.1. The monoisotopic (exact) mass is 830 g/mol. The van der Waals surface area contributed by atoms with E-state index in [-0.39, 0.29) is 26.1 Å². The fourth-order valence-electron chi connectivity index (χ4n) is 5.17. The molecule has 0 radical (unpaired) electrons. The van der Waals surface area contributed by atoms with Crippen molar-refractivity contribution in [2.75, 3.05) is 47.5 Å². The molecule has 0 aromatic heterocycles. The number of carbonyl (C=O) groups excluding carboxylic acids is 2. The number of phosphoric acid groups is 1. The van der Waals surface area contributed by atoms with Gasteiger partial charge in [-0.1, -0.05) is 137 Å². The van der Waals surface area contributed by atoms with Crippen molar-refractivity contribution >= 4 is 19.8 Å². The van der Waals surface area contributed by atoms with Gasteiger partial charge in [0.15, 0.2) is 6.10 Å². The van der Waals surface area contributed by atoms with Crippen LogP contribution >= 0.6 is 7.82 Å². The number of hydrogen-bond acceptors (Lipinski definition) is 8. The standard InChI is InChI=1S/C48H80NO8P/c1-6-8-10-12-14-16-18-20-22-24-26-28-30-32-34-36-38-40-47(50)54-44-46(45-56-58(52,53)55-43-42-49(3,4)5)57-48(51)41-39-37-35-33-31-29-27-25-23-21-19-17-15-13-11-9-7-2/h9,11,14-17,20-23,26-29,32,34,46H,6-8,10,12-13,18-19,24-25,30-31,33,35-45H2,1-5H3/b11-9-,16-14-,17-15-,22-20-,23-21-,28-26-,29-27-,34-32-/t46-/m1/s1. The predicted octanol–water partition coefficient (Wildman–Crippen LogP) is 11.9. The number of quaternary nitrogens is 1. The number of esters is 2. The quantitative estimate of drug-likeness (QED) is 0.0199. The van der Waals surface area contributed by atoms with Crippen LogP contribution in [0.3, 0.4) is 0 Å². The van der Waals surface area contributed by atoms with Gasteiger partial charge in [-0.25, -0.2) is 0 Å². The molecule has 0 aromatic rings. The molecule has 0 rings (SSSR count). The number of allylic oxidation sites excluding steroid dienone is 16. The zero-order valence-electron chi connectivity index (χ0n) is 36.9. The Bertz CT molecular complexity index is 1300. The van der Waals surface area contributed by atoms with Crippen molar-refractivity contribution in [3.63, 3.8) is 0 Å².